The van der Waals surface area contributed by atoms with E-state index < -0.39 is 0 Å². The molecule has 1 saturated heterocycles. The van der Waals surface area contributed by atoms with E-state index >= 15 is 0 Å². The molecule has 1 N–H and O–H groups in total. The lowest BCUT2D eigenvalue weighted by Gasteiger charge is -2.24. The first kappa shape index (κ1) is 12.9. The molecule has 90 valence electrons. The Balaban J connectivity index is 1.97. The zero-order chi connectivity index (χ0) is 10.9. The first-order valence-electron chi connectivity index (χ1n) is 6.27. The molecule has 1 fully saturated rings. The molecule has 2 unspecified atom stereocenters. The highest BCUT2D eigenvalue weighted by Gasteiger charge is 2.14. The van der Waals surface area contributed by atoms with Gasteiger partial charge in [-0.15, -0.1) is 0 Å². The summed E-state index contributed by atoms with van der Waals surface area (Å²) in [5.74, 6) is 0. The molecule has 0 aromatic carbocycles. The van der Waals surface area contributed by atoms with Gasteiger partial charge in [0.1, 0.15) is 0 Å². The molecule has 1 heterocycles. The number of ether oxygens (including phenoxy) is 2. The third-order valence-electron chi connectivity index (χ3n) is 2.82. The first-order valence-corrected chi connectivity index (χ1v) is 6.27. The van der Waals surface area contributed by atoms with Crippen LogP contribution in [0.3, 0.4) is 0 Å². The minimum Gasteiger partial charge on any atom is -0.376 e. The molecule has 1 aliphatic heterocycles. The van der Waals surface area contributed by atoms with Gasteiger partial charge in [0.15, 0.2) is 0 Å². The summed E-state index contributed by atoms with van der Waals surface area (Å²) in [7, 11) is 0. The molecule has 2 atom stereocenters. The van der Waals surface area contributed by atoms with E-state index in [4.69, 9.17) is 9.47 Å². The van der Waals surface area contributed by atoms with Crippen LogP contribution in [0, 0.1) is 0 Å². The third kappa shape index (κ3) is 6.13. The highest BCUT2D eigenvalue weighted by molar-refractivity contribution is 4.63. The highest BCUT2D eigenvalue weighted by atomic mass is 16.5. The fraction of sp³-hybridized carbons (Fsp3) is 1.00. The van der Waals surface area contributed by atoms with Gasteiger partial charge in [-0.1, -0.05) is 6.92 Å². The molecule has 0 saturated carbocycles. The maximum atomic E-state index is 5.76. The van der Waals surface area contributed by atoms with Gasteiger partial charge < -0.3 is 14.8 Å². The van der Waals surface area contributed by atoms with Gasteiger partial charge in [0, 0.05) is 6.61 Å². The standard InChI is InChI=1S/C12H25NO2/c1-3-13-8-7-11(2)15-10-12-6-4-5-9-14-12/h11-13H,3-10H2,1-2H3. The highest BCUT2D eigenvalue weighted by Crippen LogP contribution is 2.13. The van der Waals surface area contributed by atoms with E-state index in [1.54, 1.807) is 0 Å². The summed E-state index contributed by atoms with van der Waals surface area (Å²) in [6.07, 6.45) is 5.45. The van der Waals surface area contributed by atoms with E-state index in [9.17, 15) is 0 Å². The summed E-state index contributed by atoms with van der Waals surface area (Å²) in [6.45, 7) is 8.04. The van der Waals surface area contributed by atoms with E-state index in [0.717, 1.165) is 32.7 Å². The quantitative estimate of drug-likeness (QED) is 0.659. The largest absolute Gasteiger partial charge is 0.376 e. The Labute approximate surface area is 93.5 Å². The second-order valence-electron chi connectivity index (χ2n) is 4.27. The molecule has 3 heteroatoms. The van der Waals surface area contributed by atoms with E-state index in [0.29, 0.717) is 12.2 Å². The van der Waals surface area contributed by atoms with Gasteiger partial charge in [-0.25, -0.2) is 0 Å². The van der Waals surface area contributed by atoms with Crippen LogP contribution < -0.4 is 5.32 Å². The lowest BCUT2D eigenvalue weighted by Crippen LogP contribution is -2.28. The Morgan fingerprint density at radius 2 is 2.33 bits per heavy atom. The molecular formula is C12H25NO2. The Kier molecular flexibility index (Phi) is 6.98. The third-order valence-corrected chi connectivity index (χ3v) is 2.82. The Hall–Kier alpha value is -0.120. The van der Waals surface area contributed by atoms with Crippen LogP contribution in [0.1, 0.15) is 39.5 Å². The fourth-order valence-corrected chi connectivity index (χ4v) is 1.78. The van der Waals surface area contributed by atoms with Crippen molar-refractivity contribution in [3.05, 3.63) is 0 Å². The van der Waals surface area contributed by atoms with Crippen LogP contribution >= 0.6 is 0 Å². The van der Waals surface area contributed by atoms with Crippen molar-refractivity contribution in [1.82, 2.24) is 5.32 Å². The SMILES string of the molecule is CCNCCC(C)OCC1CCCCO1. The van der Waals surface area contributed by atoms with Crippen LogP contribution in [-0.2, 0) is 9.47 Å². The average molecular weight is 215 g/mol. The molecule has 0 radical (unpaired) electrons. The van der Waals surface area contributed by atoms with E-state index in [2.05, 4.69) is 19.2 Å². The van der Waals surface area contributed by atoms with E-state index in [-0.39, 0.29) is 0 Å². The van der Waals surface area contributed by atoms with Crippen LogP contribution in [0.4, 0.5) is 0 Å². The minimum absolute atomic E-state index is 0.342. The zero-order valence-electron chi connectivity index (χ0n) is 10.1. The molecule has 3 nitrogen and oxygen atoms in total. The molecule has 1 rings (SSSR count). The predicted octanol–water partition coefficient (Wildman–Crippen LogP) is 1.96. The first-order chi connectivity index (χ1) is 7.33. The normalized spacial score (nSPS) is 24.0. The summed E-state index contributed by atoms with van der Waals surface area (Å²) in [4.78, 5) is 0. The van der Waals surface area contributed by atoms with Crippen molar-refractivity contribution in [3.63, 3.8) is 0 Å². The Morgan fingerprint density at radius 1 is 1.47 bits per heavy atom. The molecule has 1 aliphatic rings. The fourth-order valence-electron chi connectivity index (χ4n) is 1.78. The van der Waals surface area contributed by atoms with Crippen molar-refractivity contribution in [2.24, 2.45) is 0 Å². The number of rotatable bonds is 7. The summed E-state index contributed by atoms with van der Waals surface area (Å²) in [5.41, 5.74) is 0. The average Bonchev–Trinajstić information content (AvgIpc) is 2.28. The molecule has 0 spiro atoms. The number of hydrogen-bond acceptors (Lipinski definition) is 3. The van der Waals surface area contributed by atoms with Gasteiger partial charge in [0.05, 0.1) is 18.8 Å². The molecule has 0 aromatic heterocycles. The maximum Gasteiger partial charge on any atom is 0.0808 e. The number of hydrogen-bond donors (Lipinski definition) is 1. The molecule has 15 heavy (non-hydrogen) atoms. The minimum atomic E-state index is 0.342. The molecule has 0 aliphatic carbocycles. The summed E-state index contributed by atoms with van der Waals surface area (Å²) >= 11 is 0. The monoisotopic (exact) mass is 215 g/mol. The van der Waals surface area contributed by atoms with Crippen molar-refractivity contribution in [2.75, 3.05) is 26.3 Å². The summed E-state index contributed by atoms with van der Waals surface area (Å²) in [5, 5.41) is 3.31. The van der Waals surface area contributed by atoms with Crippen molar-refractivity contribution >= 4 is 0 Å². The second-order valence-corrected chi connectivity index (χ2v) is 4.27. The Bertz CT molecular complexity index is 147. The number of nitrogens with one attached hydrogen (secondary N) is 1. The summed E-state index contributed by atoms with van der Waals surface area (Å²) in [6, 6.07) is 0. The van der Waals surface area contributed by atoms with Crippen molar-refractivity contribution < 1.29 is 9.47 Å². The van der Waals surface area contributed by atoms with E-state index in [1.807, 2.05) is 0 Å². The van der Waals surface area contributed by atoms with Gasteiger partial charge in [0.2, 0.25) is 0 Å². The van der Waals surface area contributed by atoms with Crippen molar-refractivity contribution in [1.29, 1.82) is 0 Å². The van der Waals surface area contributed by atoms with Gasteiger partial charge in [-0.3, -0.25) is 0 Å². The smallest absolute Gasteiger partial charge is 0.0808 e. The molecular weight excluding hydrogens is 190 g/mol. The summed E-state index contributed by atoms with van der Waals surface area (Å²) < 4.78 is 11.4. The maximum absolute atomic E-state index is 5.76. The van der Waals surface area contributed by atoms with Crippen LogP contribution in [0.25, 0.3) is 0 Å². The van der Waals surface area contributed by atoms with Gasteiger partial charge in [0.25, 0.3) is 0 Å². The molecule has 0 bridgehead atoms. The van der Waals surface area contributed by atoms with Gasteiger partial charge >= 0.3 is 0 Å². The molecule has 0 aromatic rings. The zero-order valence-corrected chi connectivity index (χ0v) is 10.1. The van der Waals surface area contributed by atoms with E-state index in [1.165, 1.54) is 19.3 Å². The van der Waals surface area contributed by atoms with Crippen LogP contribution in [0.2, 0.25) is 0 Å². The van der Waals surface area contributed by atoms with Crippen molar-refractivity contribution in [2.45, 2.75) is 51.7 Å². The lowest BCUT2D eigenvalue weighted by atomic mass is 10.1. The van der Waals surface area contributed by atoms with Crippen molar-refractivity contribution in [3.8, 4) is 0 Å². The molecule has 0 amide bonds. The Morgan fingerprint density at radius 3 is 3.00 bits per heavy atom. The van der Waals surface area contributed by atoms with Gasteiger partial charge in [-0.2, -0.15) is 0 Å². The van der Waals surface area contributed by atoms with Crippen LogP contribution in [0.5, 0.6) is 0 Å². The second kappa shape index (κ2) is 8.08. The predicted molar refractivity (Wildman–Crippen MR) is 62.2 cm³/mol. The van der Waals surface area contributed by atoms with Crippen LogP contribution in [-0.4, -0.2) is 38.5 Å². The lowest BCUT2D eigenvalue weighted by molar-refractivity contribution is -0.0601. The van der Waals surface area contributed by atoms with Gasteiger partial charge in [-0.05, 0) is 45.7 Å². The van der Waals surface area contributed by atoms with Crippen LogP contribution in [0.15, 0.2) is 0 Å². The topological polar surface area (TPSA) is 30.5 Å².